The molecule has 1 aromatic rings. The SMILES string of the molecule is Cc1cc(N(C)CCNC2CC2)ccc1F. The average Bonchev–Trinajstić information content (AvgIpc) is 3.06. The highest BCUT2D eigenvalue weighted by atomic mass is 19.1. The lowest BCUT2D eigenvalue weighted by molar-refractivity contribution is 0.618. The molecule has 2 rings (SSSR count). The molecule has 0 saturated heterocycles. The van der Waals surface area contributed by atoms with Gasteiger partial charge in [-0.3, -0.25) is 0 Å². The van der Waals surface area contributed by atoms with E-state index in [0.717, 1.165) is 24.8 Å². The normalized spacial score (nSPS) is 15.2. The van der Waals surface area contributed by atoms with Crippen LogP contribution in [0.1, 0.15) is 18.4 Å². The summed E-state index contributed by atoms with van der Waals surface area (Å²) in [5.41, 5.74) is 1.79. The van der Waals surface area contributed by atoms with E-state index in [1.807, 2.05) is 19.2 Å². The van der Waals surface area contributed by atoms with Crippen molar-refractivity contribution in [2.24, 2.45) is 0 Å². The lowest BCUT2D eigenvalue weighted by Crippen LogP contribution is -2.30. The summed E-state index contributed by atoms with van der Waals surface area (Å²) in [4.78, 5) is 2.15. The predicted molar refractivity (Wildman–Crippen MR) is 65.4 cm³/mol. The minimum atomic E-state index is -0.131. The number of halogens is 1. The monoisotopic (exact) mass is 222 g/mol. The first-order valence-corrected chi connectivity index (χ1v) is 5.87. The summed E-state index contributed by atoms with van der Waals surface area (Å²) >= 11 is 0. The van der Waals surface area contributed by atoms with Gasteiger partial charge in [0.05, 0.1) is 0 Å². The van der Waals surface area contributed by atoms with Crippen LogP contribution >= 0.6 is 0 Å². The van der Waals surface area contributed by atoms with Crippen molar-refractivity contribution in [2.75, 3.05) is 25.0 Å². The van der Waals surface area contributed by atoms with E-state index in [1.165, 1.54) is 18.9 Å². The molecule has 2 nitrogen and oxygen atoms in total. The molecule has 1 N–H and O–H groups in total. The van der Waals surface area contributed by atoms with Crippen LogP contribution in [0.3, 0.4) is 0 Å². The predicted octanol–water partition coefficient (Wildman–Crippen LogP) is 2.32. The molecule has 88 valence electrons. The second-order valence-corrected chi connectivity index (χ2v) is 4.58. The van der Waals surface area contributed by atoms with Gasteiger partial charge >= 0.3 is 0 Å². The zero-order valence-corrected chi connectivity index (χ0v) is 9.96. The van der Waals surface area contributed by atoms with Gasteiger partial charge in [-0.05, 0) is 43.5 Å². The first-order valence-electron chi connectivity index (χ1n) is 5.87. The third-order valence-corrected chi connectivity index (χ3v) is 3.04. The molecule has 0 bridgehead atoms. The number of nitrogens with zero attached hydrogens (tertiary/aromatic N) is 1. The lowest BCUT2D eigenvalue weighted by Gasteiger charge is -2.20. The van der Waals surface area contributed by atoms with E-state index in [-0.39, 0.29) is 5.82 Å². The van der Waals surface area contributed by atoms with Gasteiger partial charge in [0, 0.05) is 31.9 Å². The van der Waals surface area contributed by atoms with Gasteiger partial charge in [-0.15, -0.1) is 0 Å². The van der Waals surface area contributed by atoms with Crippen LogP contribution in [-0.2, 0) is 0 Å². The number of benzene rings is 1. The summed E-state index contributed by atoms with van der Waals surface area (Å²) in [5, 5.41) is 3.47. The molecular formula is C13H19FN2. The topological polar surface area (TPSA) is 15.3 Å². The van der Waals surface area contributed by atoms with Crippen molar-refractivity contribution in [3.8, 4) is 0 Å². The van der Waals surface area contributed by atoms with E-state index in [4.69, 9.17) is 0 Å². The van der Waals surface area contributed by atoms with Crippen molar-refractivity contribution >= 4 is 5.69 Å². The van der Waals surface area contributed by atoms with E-state index in [2.05, 4.69) is 10.2 Å². The summed E-state index contributed by atoms with van der Waals surface area (Å²) in [6.07, 6.45) is 2.64. The number of likely N-dealkylation sites (N-methyl/N-ethyl adjacent to an activating group) is 1. The van der Waals surface area contributed by atoms with Crippen LogP contribution in [-0.4, -0.2) is 26.2 Å². The smallest absolute Gasteiger partial charge is 0.126 e. The second-order valence-electron chi connectivity index (χ2n) is 4.58. The molecule has 0 atom stereocenters. The van der Waals surface area contributed by atoms with Crippen LogP contribution in [0.25, 0.3) is 0 Å². The largest absolute Gasteiger partial charge is 0.373 e. The molecule has 1 fully saturated rings. The van der Waals surface area contributed by atoms with E-state index in [0.29, 0.717) is 5.56 Å². The van der Waals surface area contributed by atoms with Gasteiger partial charge in [0.1, 0.15) is 5.82 Å². The first kappa shape index (κ1) is 11.4. The first-order chi connectivity index (χ1) is 7.66. The van der Waals surface area contributed by atoms with Gasteiger partial charge in [-0.25, -0.2) is 4.39 Å². The van der Waals surface area contributed by atoms with Crippen molar-refractivity contribution < 1.29 is 4.39 Å². The molecule has 1 aliphatic carbocycles. The van der Waals surface area contributed by atoms with Crippen molar-refractivity contribution in [3.05, 3.63) is 29.6 Å². The molecule has 1 aliphatic rings. The van der Waals surface area contributed by atoms with Crippen molar-refractivity contribution in [3.63, 3.8) is 0 Å². The Balaban J connectivity index is 1.86. The highest BCUT2D eigenvalue weighted by Gasteiger charge is 2.19. The summed E-state index contributed by atoms with van der Waals surface area (Å²) in [6, 6.07) is 6.02. The summed E-state index contributed by atoms with van der Waals surface area (Å²) in [6.45, 7) is 3.76. The molecule has 0 unspecified atom stereocenters. The molecule has 0 aromatic heterocycles. The fraction of sp³-hybridized carbons (Fsp3) is 0.538. The van der Waals surface area contributed by atoms with Crippen molar-refractivity contribution in [1.29, 1.82) is 0 Å². The maximum Gasteiger partial charge on any atom is 0.126 e. The number of hydrogen-bond acceptors (Lipinski definition) is 2. The molecule has 0 aliphatic heterocycles. The van der Waals surface area contributed by atoms with Crippen LogP contribution in [0.15, 0.2) is 18.2 Å². The third kappa shape index (κ3) is 2.95. The molecule has 1 aromatic carbocycles. The number of nitrogens with one attached hydrogen (secondary N) is 1. The highest BCUT2D eigenvalue weighted by molar-refractivity contribution is 5.48. The minimum Gasteiger partial charge on any atom is -0.373 e. The summed E-state index contributed by atoms with van der Waals surface area (Å²) in [7, 11) is 2.04. The van der Waals surface area contributed by atoms with E-state index in [1.54, 1.807) is 6.92 Å². The van der Waals surface area contributed by atoms with Crippen molar-refractivity contribution in [1.82, 2.24) is 5.32 Å². The molecule has 3 heteroatoms. The van der Waals surface area contributed by atoms with E-state index < -0.39 is 0 Å². The zero-order valence-electron chi connectivity index (χ0n) is 9.96. The minimum absolute atomic E-state index is 0.131. The van der Waals surface area contributed by atoms with Crippen LogP contribution in [0, 0.1) is 12.7 Å². The Kier molecular flexibility index (Phi) is 3.44. The third-order valence-electron chi connectivity index (χ3n) is 3.04. The fourth-order valence-corrected chi connectivity index (χ4v) is 1.72. The van der Waals surface area contributed by atoms with Gasteiger partial charge in [0.15, 0.2) is 0 Å². The Morgan fingerprint density at radius 3 is 2.81 bits per heavy atom. The highest BCUT2D eigenvalue weighted by Crippen LogP contribution is 2.19. The standard InChI is InChI=1S/C13H19FN2/c1-10-9-12(5-6-13(10)14)16(2)8-7-15-11-3-4-11/h5-6,9,11,15H,3-4,7-8H2,1-2H3. The van der Waals surface area contributed by atoms with Gasteiger partial charge in [0.25, 0.3) is 0 Å². The second kappa shape index (κ2) is 4.83. The molecular weight excluding hydrogens is 203 g/mol. The lowest BCUT2D eigenvalue weighted by atomic mass is 10.2. The maximum absolute atomic E-state index is 13.1. The Morgan fingerprint density at radius 1 is 1.44 bits per heavy atom. The van der Waals surface area contributed by atoms with Gasteiger partial charge in [0.2, 0.25) is 0 Å². The number of rotatable bonds is 5. The maximum atomic E-state index is 13.1. The Bertz CT molecular complexity index is 361. The Labute approximate surface area is 96.5 Å². The zero-order chi connectivity index (χ0) is 11.5. The van der Waals surface area contributed by atoms with Crippen LogP contribution in [0.5, 0.6) is 0 Å². The molecule has 16 heavy (non-hydrogen) atoms. The van der Waals surface area contributed by atoms with E-state index >= 15 is 0 Å². The summed E-state index contributed by atoms with van der Waals surface area (Å²) < 4.78 is 13.1. The molecule has 0 heterocycles. The Morgan fingerprint density at radius 2 is 2.19 bits per heavy atom. The summed E-state index contributed by atoms with van der Waals surface area (Å²) in [5.74, 6) is -0.131. The molecule has 0 spiro atoms. The van der Waals surface area contributed by atoms with E-state index in [9.17, 15) is 4.39 Å². The Hall–Kier alpha value is -1.09. The van der Waals surface area contributed by atoms with Gasteiger partial charge < -0.3 is 10.2 Å². The van der Waals surface area contributed by atoms with Crippen LogP contribution in [0.4, 0.5) is 10.1 Å². The number of aryl methyl sites for hydroxylation is 1. The fourth-order valence-electron chi connectivity index (χ4n) is 1.72. The van der Waals surface area contributed by atoms with Gasteiger partial charge in [-0.1, -0.05) is 0 Å². The van der Waals surface area contributed by atoms with Crippen LogP contribution in [0.2, 0.25) is 0 Å². The molecule has 0 amide bonds. The van der Waals surface area contributed by atoms with Gasteiger partial charge in [-0.2, -0.15) is 0 Å². The number of hydrogen-bond donors (Lipinski definition) is 1. The quantitative estimate of drug-likeness (QED) is 0.822. The average molecular weight is 222 g/mol. The number of anilines is 1. The molecule has 1 saturated carbocycles. The van der Waals surface area contributed by atoms with Crippen LogP contribution < -0.4 is 10.2 Å². The molecule has 0 radical (unpaired) electrons. The van der Waals surface area contributed by atoms with Crippen molar-refractivity contribution in [2.45, 2.75) is 25.8 Å².